The first-order valence-electron chi connectivity index (χ1n) is 10.7. The summed E-state index contributed by atoms with van der Waals surface area (Å²) in [7, 11) is 0. The molecule has 1 aromatic heterocycles. The number of aryl methyl sites for hydroxylation is 4. The molecule has 0 saturated heterocycles. The number of carbonyl (C=O) groups excluding carboxylic acids is 2. The fraction of sp³-hybridized carbons (Fsp3) is 0.333. The Morgan fingerprint density at radius 2 is 1.67 bits per heavy atom. The van der Waals surface area contributed by atoms with Crippen molar-refractivity contribution in [2.45, 2.75) is 52.7 Å². The lowest BCUT2D eigenvalue weighted by Crippen LogP contribution is -2.18. The standard InChI is InChI=1S/C24H28ClN5O2S/c1-6-30-20(12-21(31)26-18-8-7-15(3)19(25)11-18)28-29-24(30)33-13-22(32)27-23-16(4)9-14(2)10-17(23)5/h7-11H,6,12-13H2,1-5H3,(H,26,31)(H,27,32). The molecule has 0 radical (unpaired) electrons. The number of hydrogen-bond acceptors (Lipinski definition) is 5. The number of thioether (sulfide) groups is 1. The van der Waals surface area contributed by atoms with Gasteiger partial charge in [-0.1, -0.05) is 47.1 Å². The van der Waals surface area contributed by atoms with Crippen molar-refractivity contribution >= 4 is 46.6 Å². The lowest BCUT2D eigenvalue weighted by Gasteiger charge is -2.13. The molecule has 0 aliphatic carbocycles. The number of nitrogens with one attached hydrogen (secondary N) is 2. The van der Waals surface area contributed by atoms with E-state index in [0.717, 1.165) is 27.9 Å². The largest absolute Gasteiger partial charge is 0.326 e. The van der Waals surface area contributed by atoms with E-state index in [9.17, 15) is 9.59 Å². The molecule has 2 N–H and O–H groups in total. The Labute approximate surface area is 203 Å². The summed E-state index contributed by atoms with van der Waals surface area (Å²) in [5.74, 6) is 0.410. The van der Waals surface area contributed by atoms with Gasteiger partial charge in [0.1, 0.15) is 5.82 Å². The zero-order valence-electron chi connectivity index (χ0n) is 19.5. The van der Waals surface area contributed by atoms with Crippen LogP contribution in [0.4, 0.5) is 11.4 Å². The number of rotatable bonds is 8. The van der Waals surface area contributed by atoms with Crippen molar-refractivity contribution in [1.82, 2.24) is 14.8 Å². The Morgan fingerprint density at radius 3 is 2.30 bits per heavy atom. The number of nitrogens with zero attached hydrogens (tertiary/aromatic N) is 3. The second-order valence-electron chi connectivity index (χ2n) is 7.94. The summed E-state index contributed by atoms with van der Waals surface area (Å²) in [6, 6.07) is 9.47. The maximum Gasteiger partial charge on any atom is 0.234 e. The minimum atomic E-state index is -0.211. The lowest BCUT2D eigenvalue weighted by molar-refractivity contribution is -0.116. The van der Waals surface area contributed by atoms with E-state index in [1.165, 1.54) is 11.8 Å². The number of carbonyl (C=O) groups is 2. The molecule has 0 bridgehead atoms. The first-order valence-corrected chi connectivity index (χ1v) is 12.0. The van der Waals surface area contributed by atoms with Gasteiger partial charge in [-0.25, -0.2) is 0 Å². The number of benzene rings is 2. The monoisotopic (exact) mass is 485 g/mol. The minimum Gasteiger partial charge on any atom is -0.326 e. The third-order valence-corrected chi connectivity index (χ3v) is 6.53. The first kappa shape index (κ1) is 24.8. The second-order valence-corrected chi connectivity index (χ2v) is 9.29. The van der Waals surface area contributed by atoms with Crippen LogP contribution in [0.5, 0.6) is 0 Å². The van der Waals surface area contributed by atoms with Crippen LogP contribution in [0.1, 0.15) is 35.0 Å². The summed E-state index contributed by atoms with van der Waals surface area (Å²) in [6.07, 6.45) is 0.0703. The van der Waals surface area contributed by atoms with Crippen molar-refractivity contribution in [1.29, 1.82) is 0 Å². The Bertz CT molecular complexity index is 1170. The normalized spacial score (nSPS) is 10.8. The summed E-state index contributed by atoms with van der Waals surface area (Å²) in [5, 5.41) is 15.4. The molecular formula is C24H28ClN5O2S. The van der Waals surface area contributed by atoms with Gasteiger partial charge in [-0.05, 0) is 63.4 Å². The lowest BCUT2D eigenvalue weighted by atomic mass is 10.1. The Morgan fingerprint density at radius 1 is 0.970 bits per heavy atom. The van der Waals surface area contributed by atoms with Crippen molar-refractivity contribution in [3.05, 3.63) is 63.4 Å². The summed E-state index contributed by atoms with van der Waals surface area (Å²) < 4.78 is 1.85. The molecule has 174 valence electrons. The van der Waals surface area contributed by atoms with Crippen LogP contribution in [0.2, 0.25) is 5.02 Å². The van der Waals surface area contributed by atoms with Crippen LogP contribution in [0.25, 0.3) is 0 Å². The molecule has 2 amide bonds. The number of hydrogen-bond donors (Lipinski definition) is 2. The molecule has 0 fully saturated rings. The number of aromatic nitrogens is 3. The topological polar surface area (TPSA) is 88.9 Å². The molecule has 3 aromatic rings. The Kier molecular flexibility index (Phi) is 8.15. The zero-order valence-corrected chi connectivity index (χ0v) is 21.0. The highest BCUT2D eigenvalue weighted by atomic mass is 35.5. The fourth-order valence-electron chi connectivity index (χ4n) is 3.58. The van der Waals surface area contributed by atoms with E-state index < -0.39 is 0 Å². The molecule has 2 aromatic carbocycles. The summed E-state index contributed by atoms with van der Waals surface area (Å²) in [6.45, 7) is 10.4. The highest BCUT2D eigenvalue weighted by Gasteiger charge is 2.17. The molecule has 33 heavy (non-hydrogen) atoms. The molecule has 0 saturated carbocycles. The molecule has 7 nitrogen and oxygen atoms in total. The van der Waals surface area contributed by atoms with Crippen molar-refractivity contribution in [2.75, 3.05) is 16.4 Å². The highest BCUT2D eigenvalue weighted by molar-refractivity contribution is 7.99. The fourth-order valence-corrected chi connectivity index (χ4v) is 4.58. The van der Waals surface area contributed by atoms with Crippen LogP contribution in [0.15, 0.2) is 35.5 Å². The SMILES string of the molecule is CCn1c(CC(=O)Nc2ccc(C)c(Cl)c2)nnc1SCC(=O)Nc1c(C)cc(C)cc1C. The van der Waals surface area contributed by atoms with Gasteiger partial charge in [0.2, 0.25) is 11.8 Å². The predicted octanol–water partition coefficient (Wildman–Crippen LogP) is 5.10. The second kappa shape index (κ2) is 10.9. The van der Waals surface area contributed by atoms with Gasteiger partial charge in [-0.2, -0.15) is 0 Å². The van der Waals surface area contributed by atoms with Crippen LogP contribution in [-0.2, 0) is 22.6 Å². The van der Waals surface area contributed by atoms with E-state index in [2.05, 4.69) is 20.8 Å². The molecule has 0 atom stereocenters. The molecule has 1 heterocycles. The predicted molar refractivity (Wildman–Crippen MR) is 134 cm³/mol. The number of amides is 2. The quantitative estimate of drug-likeness (QED) is 0.433. The van der Waals surface area contributed by atoms with Crippen LogP contribution < -0.4 is 10.6 Å². The van der Waals surface area contributed by atoms with E-state index >= 15 is 0 Å². The molecule has 0 spiro atoms. The van der Waals surface area contributed by atoms with Crippen molar-refractivity contribution in [3.8, 4) is 0 Å². The smallest absolute Gasteiger partial charge is 0.234 e. The van der Waals surface area contributed by atoms with Crippen molar-refractivity contribution in [2.24, 2.45) is 0 Å². The van der Waals surface area contributed by atoms with E-state index in [4.69, 9.17) is 11.6 Å². The third kappa shape index (κ3) is 6.36. The van der Waals surface area contributed by atoms with Gasteiger partial charge in [-0.3, -0.25) is 9.59 Å². The first-order chi connectivity index (χ1) is 15.7. The molecule has 0 aliphatic rings. The van der Waals surface area contributed by atoms with E-state index in [-0.39, 0.29) is 24.0 Å². The van der Waals surface area contributed by atoms with Crippen LogP contribution >= 0.6 is 23.4 Å². The van der Waals surface area contributed by atoms with Gasteiger partial charge >= 0.3 is 0 Å². The Hall–Kier alpha value is -2.84. The summed E-state index contributed by atoms with van der Waals surface area (Å²) in [5.41, 5.74) is 5.65. The van der Waals surface area contributed by atoms with Crippen molar-refractivity contribution < 1.29 is 9.59 Å². The minimum absolute atomic E-state index is 0.0703. The average molecular weight is 486 g/mol. The van der Waals surface area contributed by atoms with Gasteiger partial charge in [0.05, 0.1) is 12.2 Å². The Balaban J connectivity index is 1.61. The third-order valence-electron chi connectivity index (χ3n) is 5.16. The number of anilines is 2. The zero-order chi connectivity index (χ0) is 24.1. The van der Waals surface area contributed by atoms with Gasteiger partial charge in [0.25, 0.3) is 0 Å². The van der Waals surface area contributed by atoms with E-state index in [1.807, 2.05) is 57.4 Å². The van der Waals surface area contributed by atoms with Crippen LogP contribution in [0, 0.1) is 27.7 Å². The molecule has 0 aliphatic heterocycles. The summed E-state index contributed by atoms with van der Waals surface area (Å²) >= 11 is 7.43. The van der Waals surface area contributed by atoms with Gasteiger partial charge in [0.15, 0.2) is 5.16 Å². The summed E-state index contributed by atoms with van der Waals surface area (Å²) in [4.78, 5) is 25.1. The van der Waals surface area contributed by atoms with E-state index in [0.29, 0.717) is 28.2 Å². The van der Waals surface area contributed by atoms with Gasteiger partial charge < -0.3 is 15.2 Å². The molecular weight excluding hydrogens is 458 g/mol. The highest BCUT2D eigenvalue weighted by Crippen LogP contribution is 2.24. The van der Waals surface area contributed by atoms with Crippen LogP contribution in [-0.4, -0.2) is 32.3 Å². The van der Waals surface area contributed by atoms with Gasteiger partial charge in [-0.15, -0.1) is 10.2 Å². The van der Waals surface area contributed by atoms with Crippen LogP contribution in [0.3, 0.4) is 0 Å². The molecule has 0 unspecified atom stereocenters. The van der Waals surface area contributed by atoms with Crippen molar-refractivity contribution in [3.63, 3.8) is 0 Å². The van der Waals surface area contributed by atoms with Gasteiger partial charge in [0, 0.05) is 22.9 Å². The number of halogens is 1. The molecule has 3 rings (SSSR count). The van der Waals surface area contributed by atoms with E-state index in [1.54, 1.807) is 12.1 Å². The molecule has 9 heteroatoms. The maximum atomic E-state index is 12.5. The average Bonchev–Trinajstić information content (AvgIpc) is 3.13. The maximum absolute atomic E-state index is 12.5.